The van der Waals surface area contributed by atoms with Gasteiger partial charge in [-0.15, -0.1) is 0 Å². The summed E-state index contributed by atoms with van der Waals surface area (Å²) in [5, 5.41) is 19.0. The van der Waals surface area contributed by atoms with Crippen molar-refractivity contribution in [3.63, 3.8) is 0 Å². The Morgan fingerprint density at radius 1 is 1.48 bits per heavy atom. The molecule has 25 heavy (non-hydrogen) atoms. The van der Waals surface area contributed by atoms with Gasteiger partial charge in [0.05, 0.1) is 29.5 Å². The van der Waals surface area contributed by atoms with Crippen molar-refractivity contribution in [2.24, 2.45) is 0 Å². The molecule has 0 aliphatic carbocycles. The van der Waals surface area contributed by atoms with E-state index in [0.29, 0.717) is 30.6 Å². The summed E-state index contributed by atoms with van der Waals surface area (Å²) in [4.78, 5) is 12.5. The minimum Gasteiger partial charge on any atom is -0.369 e. The Morgan fingerprint density at radius 2 is 2.28 bits per heavy atom. The maximum absolute atomic E-state index is 12.5. The Bertz CT molecular complexity index is 834. The van der Waals surface area contributed by atoms with Crippen LogP contribution in [-0.2, 0) is 17.6 Å². The number of nitriles is 1. The number of nitrogens with zero attached hydrogens (tertiary/aromatic N) is 2. The first kappa shape index (κ1) is 17.2. The molecule has 2 N–H and O–H groups in total. The van der Waals surface area contributed by atoms with Crippen LogP contribution in [0.4, 0.5) is 0 Å². The van der Waals surface area contributed by atoms with Crippen molar-refractivity contribution in [3.05, 3.63) is 51.8 Å². The summed E-state index contributed by atoms with van der Waals surface area (Å²) in [6.45, 7) is 6.40. The fraction of sp³-hybridized carbons (Fsp3) is 0.421. The second-order valence-electron chi connectivity index (χ2n) is 6.52. The SMILES string of the molecule is Cc1cc(CCNC(=O)c2n[nH]c3c2C[C@@H](C)O[C@H]3C)ccc1C#N. The smallest absolute Gasteiger partial charge is 0.272 e. The van der Waals surface area contributed by atoms with Crippen LogP contribution in [0.2, 0.25) is 0 Å². The maximum atomic E-state index is 12.5. The third kappa shape index (κ3) is 3.57. The largest absolute Gasteiger partial charge is 0.369 e. The molecule has 2 heterocycles. The van der Waals surface area contributed by atoms with E-state index < -0.39 is 0 Å². The molecule has 0 bridgehead atoms. The Balaban J connectivity index is 1.62. The van der Waals surface area contributed by atoms with E-state index in [2.05, 4.69) is 21.6 Å². The van der Waals surface area contributed by atoms with Crippen molar-refractivity contribution in [1.82, 2.24) is 15.5 Å². The van der Waals surface area contributed by atoms with Crippen molar-refractivity contribution in [1.29, 1.82) is 5.26 Å². The first-order valence-corrected chi connectivity index (χ1v) is 8.50. The number of carbonyl (C=O) groups is 1. The molecule has 0 spiro atoms. The number of aromatic nitrogens is 2. The Hall–Kier alpha value is -2.65. The monoisotopic (exact) mass is 338 g/mol. The molecule has 1 aliphatic heterocycles. The number of ether oxygens (including phenoxy) is 1. The lowest BCUT2D eigenvalue weighted by Crippen LogP contribution is -2.29. The molecule has 2 aromatic rings. The minimum atomic E-state index is -0.163. The highest BCUT2D eigenvalue weighted by Crippen LogP contribution is 2.29. The normalized spacial score (nSPS) is 19.1. The molecule has 3 rings (SSSR count). The summed E-state index contributed by atoms with van der Waals surface area (Å²) in [6, 6.07) is 7.89. The van der Waals surface area contributed by atoms with Gasteiger partial charge in [-0.05, 0) is 44.4 Å². The summed E-state index contributed by atoms with van der Waals surface area (Å²) in [5.41, 5.74) is 5.05. The molecule has 1 aromatic heterocycles. The average Bonchev–Trinajstić information content (AvgIpc) is 2.99. The third-order valence-corrected chi connectivity index (χ3v) is 4.56. The molecule has 0 saturated carbocycles. The van der Waals surface area contributed by atoms with Crippen molar-refractivity contribution in [3.8, 4) is 6.07 Å². The van der Waals surface area contributed by atoms with Crippen LogP contribution < -0.4 is 5.32 Å². The van der Waals surface area contributed by atoms with E-state index in [-0.39, 0.29) is 18.1 Å². The number of rotatable bonds is 4. The van der Waals surface area contributed by atoms with Crippen LogP contribution in [0.15, 0.2) is 18.2 Å². The zero-order chi connectivity index (χ0) is 18.0. The van der Waals surface area contributed by atoms with E-state index >= 15 is 0 Å². The molecule has 1 amide bonds. The summed E-state index contributed by atoms with van der Waals surface area (Å²) in [5.74, 6) is -0.163. The molecule has 0 radical (unpaired) electrons. The van der Waals surface area contributed by atoms with E-state index in [0.717, 1.165) is 22.4 Å². The van der Waals surface area contributed by atoms with E-state index in [1.54, 1.807) is 0 Å². The van der Waals surface area contributed by atoms with Gasteiger partial charge in [-0.1, -0.05) is 12.1 Å². The predicted octanol–water partition coefficient (Wildman–Crippen LogP) is 2.58. The van der Waals surface area contributed by atoms with Gasteiger partial charge in [0.1, 0.15) is 0 Å². The lowest BCUT2D eigenvalue weighted by atomic mass is 9.99. The molecule has 2 atom stereocenters. The van der Waals surface area contributed by atoms with Crippen molar-refractivity contribution < 1.29 is 9.53 Å². The number of hydrogen-bond acceptors (Lipinski definition) is 4. The number of hydrogen-bond donors (Lipinski definition) is 2. The van der Waals surface area contributed by atoms with Gasteiger partial charge in [-0.25, -0.2) is 0 Å². The first-order valence-electron chi connectivity index (χ1n) is 8.50. The number of aryl methyl sites for hydroxylation is 1. The second kappa shape index (κ2) is 7.08. The minimum absolute atomic E-state index is 0.0746. The van der Waals surface area contributed by atoms with Crippen LogP contribution >= 0.6 is 0 Å². The number of H-pyrrole nitrogens is 1. The summed E-state index contributed by atoms with van der Waals surface area (Å²) < 4.78 is 5.75. The van der Waals surface area contributed by atoms with Crippen LogP contribution in [-0.4, -0.2) is 28.8 Å². The molecule has 0 fully saturated rings. The Labute approximate surface area is 147 Å². The van der Waals surface area contributed by atoms with Crippen molar-refractivity contribution >= 4 is 5.91 Å². The highest BCUT2D eigenvalue weighted by Gasteiger charge is 2.29. The average molecular weight is 338 g/mol. The molecule has 1 aromatic carbocycles. The number of amides is 1. The molecule has 6 heteroatoms. The highest BCUT2D eigenvalue weighted by molar-refractivity contribution is 5.94. The number of aromatic amines is 1. The van der Waals surface area contributed by atoms with Crippen molar-refractivity contribution in [2.75, 3.05) is 6.54 Å². The molecule has 6 nitrogen and oxygen atoms in total. The molecule has 1 aliphatic rings. The highest BCUT2D eigenvalue weighted by atomic mass is 16.5. The van der Waals surface area contributed by atoms with E-state index in [1.807, 2.05) is 39.0 Å². The van der Waals surface area contributed by atoms with Crippen LogP contribution in [0, 0.1) is 18.3 Å². The van der Waals surface area contributed by atoms with Crippen molar-refractivity contribution in [2.45, 2.75) is 45.8 Å². The van der Waals surface area contributed by atoms with Gasteiger partial charge in [0, 0.05) is 18.5 Å². The molecular weight excluding hydrogens is 316 g/mol. The Morgan fingerprint density at radius 3 is 3.00 bits per heavy atom. The van der Waals surface area contributed by atoms with E-state index in [4.69, 9.17) is 10.00 Å². The maximum Gasteiger partial charge on any atom is 0.272 e. The van der Waals surface area contributed by atoms with Gasteiger partial charge in [0.25, 0.3) is 5.91 Å². The number of nitrogens with one attached hydrogen (secondary N) is 2. The first-order chi connectivity index (χ1) is 12.0. The quantitative estimate of drug-likeness (QED) is 0.896. The summed E-state index contributed by atoms with van der Waals surface area (Å²) in [6.07, 6.45) is 1.40. The summed E-state index contributed by atoms with van der Waals surface area (Å²) in [7, 11) is 0. The summed E-state index contributed by atoms with van der Waals surface area (Å²) >= 11 is 0. The molecular formula is C19H22N4O2. The standard InChI is InChI=1S/C19H22N4O2/c1-11-8-14(4-5-15(11)10-20)6-7-21-19(24)18-16-9-12(2)25-13(3)17(16)22-23-18/h4-5,8,12-13H,6-7,9H2,1-3H3,(H,21,24)(H,22,23)/t12-,13+/m1/s1. The fourth-order valence-electron chi connectivity index (χ4n) is 3.27. The van der Waals surface area contributed by atoms with Gasteiger partial charge in [-0.2, -0.15) is 10.4 Å². The molecule has 0 saturated heterocycles. The van der Waals surface area contributed by atoms with Gasteiger partial charge < -0.3 is 10.1 Å². The van der Waals surface area contributed by atoms with Gasteiger partial charge >= 0.3 is 0 Å². The second-order valence-corrected chi connectivity index (χ2v) is 6.52. The molecule has 130 valence electrons. The zero-order valence-corrected chi connectivity index (χ0v) is 14.7. The van der Waals surface area contributed by atoms with E-state index in [9.17, 15) is 4.79 Å². The number of carbonyl (C=O) groups excluding carboxylic acids is 1. The van der Waals surface area contributed by atoms with Gasteiger partial charge in [0.2, 0.25) is 0 Å². The number of benzene rings is 1. The number of fused-ring (bicyclic) bond motifs is 1. The van der Waals surface area contributed by atoms with Crippen LogP contribution in [0.1, 0.15) is 58.4 Å². The van der Waals surface area contributed by atoms with Crippen LogP contribution in [0.5, 0.6) is 0 Å². The lowest BCUT2D eigenvalue weighted by molar-refractivity contribution is -0.00697. The third-order valence-electron chi connectivity index (χ3n) is 4.56. The molecule has 0 unspecified atom stereocenters. The zero-order valence-electron chi connectivity index (χ0n) is 14.7. The Kier molecular flexibility index (Phi) is 4.86. The predicted molar refractivity (Wildman–Crippen MR) is 93.2 cm³/mol. The fourth-order valence-corrected chi connectivity index (χ4v) is 3.27. The van der Waals surface area contributed by atoms with Gasteiger partial charge in [-0.3, -0.25) is 9.89 Å². The van der Waals surface area contributed by atoms with E-state index in [1.165, 1.54) is 0 Å². The lowest BCUT2D eigenvalue weighted by Gasteiger charge is -2.25. The van der Waals surface area contributed by atoms with Gasteiger partial charge in [0.15, 0.2) is 5.69 Å². The van der Waals surface area contributed by atoms with Crippen LogP contribution in [0.3, 0.4) is 0 Å². The van der Waals surface area contributed by atoms with Crippen LogP contribution in [0.25, 0.3) is 0 Å². The topological polar surface area (TPSA) is 90.8 Å².